The molecule has 0 saturated carbocycles. The Morgan fingerprint density at radius 2 is 1.63 bits per heavy atom. The van der Waals surface area contributed by atoms with E-state index < -0.39 is 10.0 Å². The van der Waals surface area contributed by atoms with Gasteiger partial charge in [-0.15, -0.1) is 0 Å². The van der Waals surface area contributed by atoms with E-state index in [2.05, 4.69) is 9.93 Å². The van der Waals surface area contributed by atoms with E-state index in [1.54, 1.807) is 12.1 Å². The first kappa shape index (κ1) is 13.3. The highest BCUT2D eigenvalue weighted by atomic mass is 32.2. The highest BCUT2D eigenvalue weighted by Crippen LogP contribution is 2.17. The predicted octanol–water partition coefficient (Wildman–Crippen LogP) is 3.09. The van der Waals surface area contributed by atoms with Crippen LogP contribution in [0.4, 0.5) is 0 Å². The Balaban J connectivity index is 2.10. The van der Waals surface area contributed by atoms with Crippen LogP contribution in [0.15, 0.2) is 64.6 Å². The first-order chi connectivity index (χ1) is 9.08. The van der Waals surface area contributed by atoms with Crippen LogP contribution in [-0.4, -0.2) is 14.6 Å². The quantitative estimate of drug-likeness (QED) is 0.635. The Morgan fingerprint density at radius 3 is 2.26 bits per heavy atom. The molecule has 0 bridgehead atoms. The largest absolute Gasteiger partial charge is 0.491 e. The van der Waals surface area contributed by atoms with Crippen LogP contribution in [0.25, 0.3) is 4.83 Å². The first-order valence-electron chi connectivity index (χ1n) is 5.70. The minimum absolute atomic E-state index is 0.142. The number of nitrogens with zero attached hydrogens (tertiary/aromatic N) is 2. The monoisotopic (exact) mass is 273 g/mol. The summed E-state index contributed by atoms with van der Waals surface area (Å²) < 4.78 is 23.7. The molecule has 0 amide bonds. The van der Waals surface area contributed by atoms with E-state index in [0.29, 0.717) is 0 Å². The van der Waals surface area contributed by atoms with Crippen molar-refractivity contribution in [2.24, 2.45) is 5.10 Å². The Hall–Kier alpha value is -2.14. The molecule has 4 nitrogen and oxygen atoms in total. The fraction of sp³-hybridized carbons (Fsp3) is 0.0714. The van der Waals surface area contributed by atoms with E-state index >= 15 is 0 Å². The first-order valence-corrected chi connectivity index (χ1v) is 7.14. The third-order valence-electron chi connectivity index (χ3n) is 2.48. The molecule has 0 fully saturated rings. The number of aryl methyl sites for hydroxylation is 1. The molecule has 2 aromatic rings. The molecular formula is C14H13N2O2S-. The van der Waals surface area contributed by atoms with Gasteiger partial charge in [0, 0.05) is 6.21 Å². The Morgan fingerprint density at radius 1 is 1.00 bits per heavy atom. The summed E-state index contributed by atoms with van der Waals surface area (Å²) in [6.45, 7) is 1.89. The van der Waals surface area contributed by atoms with Crippen molar-refractivity contribution >= 4 is 16.2 Å². The molecule has 19 heavy (non-hydrogen) atoms. The van der Waals surface area contributed by atoms with E-state index in [4.69, 9.17) is 0 Å². The maximum atomic E-state index is 11.9. The molecule has 0 heterocycles. The average molecular weight is 273 g/mol. The molecule has 0 N–H and O–H groups in total. The van der Waals surface area contributed by atoms with Gasteiger partial charge in [-0.05, 0) is 24.6 Å². The zero-order valence-corrected chi connectivity index (χ0v) is 11.2. The van der Waals surface area contributed by atoms with Crippen LogP contribution in [0, 0.1) is 6.92 Å². The highest BCUT2D eigenvalue weighted by molar-refractivity contribution is 7.93. The summed E-state index contributed by atoms with van der Waals surface area (Å²) in [6.07, 6.45) is 1.41. The van der Waals surface area contributed by atoms with E-state index in [-0.39, 0.29) is 4.90 Å². The van der Waals surface area contributed by atoms with Crippen molar-refractivity contribution in [3.05, 3.63) is 70.6 Å². The van der Waals surface area contributed by atoms with Crippen LogP contribution in [0.3, 0.4) is 0 Å². The highest BCUT2D eigenvalue weighted by Gasteiger charge is 2.02. The second-order valence-electron chi connectivity index (χ2n) is 4.03. The molecule has 5 heteroatoms. The zero-order chi connectivity index (χ0) is 13.7. The normalized spacial score (nSPS) is 11.6. The molecule has 2 aromatic carbocycles. The van der Waals surface area contributed by atoms with Gasteiger partial charge in [-0.25, -0.2) is 8.42 Å². The number of sulfonamides is 1. The summed E-state index contributed by atoms with van der Waals surface area (Å²) in [5, 5.41) is 3.62. The standard InChI is InChI=1S/C14H13N2O2S/c1-12-7-9-14(10-8-12)19(17,18)16-15-11-13-5-3-2-4-6-13/h2-11H,1H3/q-1/b15-11+. The number of hydrogen-bond donors (Lipinski definition) is 0. The molecule has 0 aromatic heterocycles. The summed E-state index contributed by atoms with van der Waals surface area (Å²) in [4.78, 5) is 3.53. The van der Waals surface area contributed by atoms with Crippen molar-refractivity contribution in [1.82, 2.24) is 0 Å². The van der Waals surface area contributed by atoms with Crippen molar-refractivity contribution in [1.29, 1.82) is 0 Å². The average Bonchev–Trinajstić information content (AvgIpc) is 2.40. The fourth-order valence-corrected chi connectivity index (χ4v) is 2.19. The van der Waals surface area contributed by atoms with Gasteiger partial charge in [-0.3, -0.25) is 0 Å². The summed E-state index contributed by atoms with van der Waals surface area (Å²) in [6, 6.07) is 15.7. The molecule has 0 aliphatic heterocycles. The van der Waals surface area contributed by atoms with Gasteiger partial charge >= 0.3 is 0 Å². The van der Waals surface area contributed by atoms with E-state index in [9.17, 15) is 8.42 Å². The van der Waals surface area contributed by atoms with Gasteiger partial charge in [0.1, 0.15) is 10.0 Å². The van der Waals surface area contributed by atoms with Crippen molar-refractivity contribution in [2.45, 2.75) is 11.8 Å². The molecule has 0 radical (unpaired) electrons. The third-order valence-corrected chi connectivity index (χ3v) is 3.66. The van der Waals surface area contributed by atoms with Crippen LogP contribution < -0.4 is 0 Å². The summed E-state index contributed by atoms with van der Waals surface area (Å²) in [5.41, 5.74) is 1.79. The van der Waals surface area contributed by atoms with Crippen molar-refractivity contribution in [3.63, 3.8) is 0 Å². The summed E-state index contributed by atoms with van der Waals surface area (Å²) >= 11 is 0. The van der Waals surface area contributed by atoms with Gasteiger partial charge < -0.3 is 9.93 Å². The molecule has 0 atom stereocenters. The van der Waals surface area contributed by atoms with E-state index in [0.717, 1.165) is 11.1 Å². The minimum atomic E-state index is -3.72. The van der Waals surface area contributed by atoms with E-state index in [1.807, 2.05) is 37.3 Å². The van der Waals surface area contributed by atoms with Gasteiger partial charge in [0.05, 0.1) is 4.90 Å². The molecular weight excluding hydrogens is 260 g/mol. The van der Waals surface area contributed by atoms with Gasteiger partial charge in [0.2, 0.25) is 0 Å². The van der Waals surface area contributed by atoms with Crippen molar-refractivity contribution < 1.29 is 8.42 Å². The summed E-state index contributed by atoms with van der Waals surface area (Å²) in [7, 11) is -3.72. The smallest absolute Gasteiger partial charge is 0.135 e. The maximum absolute atomic E-state index is 11.9. The van der Waals surface area contributed by atoms with Gasteiger partial charge in [-0.1, -0.05) is 48.0 Å². The molecule has 98 valence electrons. The minimum Gasteiger partial charge on any atom is -0.491 e. The predicted molar refractivity (Wildman–Crippen MR) is 75.8 cm³/mol. The number of benzene rings is 2. The third kappa shape index (κ3) is 3.66. The lowest BCUT2D eigenvalue weighted by Gasteiger charge is -2.15. The molecule has 0 unspecified atom stereocenters. The van der Waals surface area contributed by atoms with Crippen LogP contribution >= 0.6 is 0 Å². The van der Waals surface area contributed by atoms with Gasteiger partial charge in [-0.2, -0.15) is 0 Å². The van der Waals surface area contributed by atoms with E-state index in [1.165, 1.54) is 18.3 Å². The summed E-state index contributed by atoms with van der Waals surface area (Å²) in [5.74, 6) is 0. The maximum Gasteiger partial charge on any atom is 0.135 e. The molecule has 0 saturated heterocycles. The molecule has 0 aliphatic carbocycles. The van der Waals surface area contributed by atoms with Crippen LogP contribution in [0.2, 0.25) is 0 Å². The van der Waals surface area contributed by atoms with Gasteiger partial charge in [0.25, 0.3) is 0 Å². The topological polar surface area (TPSA) is 60.6 Å². The molecule has 0 spiro atoms. The number of rotatable bonds is 4. The van der Waals surface area contributed by atoms with Crippen molar-refractivity contribution in [3.8, 4) is 0 Å². The fourth-order valence-electron chi connectivity index (χ4n) is 1.45. The molecule has 2 rings (SSSR count). The van der Waals surface area contributed by atoms with Crippen LogP contribution in [0.5, 0.6) is 0 Å². The Bertz CT molecular complexity index is 662. The second kappa shape index (κ2) is 5.67. The lowest BCUT2D eigenvalue weighted by molar-refractivity contribution is 0.602. The SMILES string of the molecule is Cc1ccc(S(=O)(=O)[N-]/N=C/c2ccccc2)cc1. The lowest BCUT2D eigenvalue weighted by atomic mass is 10.2. The number of hydrogen-bond acceptors (Lipinski definition) is 3. The molecule has 0 aliphatic rings. The van der Waals surface area contributed by atoms with Crippen LogP contribution in [-0.2, 0) is 10.0 Å². The second-order valence-corrected chi connectivity index (χ2v) is 5.61. The van der Waals surface area contributed by atoms with Crippen molar-refractivity contribution in [2.75, 3.05) is 0 Å². The Labute approximate surface area is 112 Å². The Kier molecular flexibility index (Phi) is 3.97. The zero-order valence-electron chi connectivity index (χ0n) is 10.4. The van der Waals surface area contributed by atoms with Crippen LogP contribution in [0.1, 0.15) is 11.1 Å². The lowest BCUT2D eigenvalue weighted by Crippen LogP contribution is -1.97. The van der Waals surface area contributed by atoms with Gasteiger partial charge in [0.15, 0.2) is 0 Å².